The van der Waals surface area contributed by atoms with Crippen LogP contribution in [0.1, 0.15) is 41.2 Å². The summed E-state index contributed by atoms with van der Waals surface area (Å²) in [6.45, 7) is 2.08. The zero-order valence-corrected chi connectivity index (χ0v) is 16.3. The Morgan fingerprint density at radius 2 is 2.04 bits per heavy atom. The van der Waals surface area contributed by atoms with Crippen molar-refractivity contribution < 1.29 is 18.8 Å². The molecule has 146 valence electrons. The topological polar surface area (TPSA) is 86.5 Å². The van der Waals surface area contributed by atoms with Crippen molar-refractivity contribution in [2.24, 2.45) is 0 Å². The van der Waals surface area contributed by atoms with Gasteiger partial charge in [-0.2, -0.15) is 0 Å². The Kier molecular flexibility index (Phi) is 6.49. The minimum atomic E-state index is -0.318. The number of rotatable bonds is 8. The summed E-state index contributed by atoms with van der Waals surface area (Å²) in [5.74, 6) is 1.21. The van der Waals surface area contributed by atoms with E-state index in [2.05, 4.69) is 15.5 Å². The van der Waals surface area contributed by atoms with Crippen LogP contribution in [0, 0.1) is 0 Å². The maximum absolute atomic E-state index is 12.5. The van der Waals surface area contributed by atoms with E-state index in [9.17, 15) is 4.79 Å². The first-order valence-electron chi connectivity index (χ1n) is 8.73. The van der Waals surface area contributed by atoms with Crippen molar-refractivity contribution in [2.75, 3.05) is 7.11 Å². The number of ether oxygens (including phenoxy) is 2. The molecule has 3 aromatic rings. The van der Waals surface area contributed by atoms with Crippen LogP contribution in [0.5, 0.6) is 11.5 Å². The van der Waals surface area contributed by atoms with Crippen LogP contribution in [0.3, 0.4) is 0 Å². The summed E-state index contributed by atoms with van der Waals surface area (Å²) in [7, 11) is 1.56. The Hall–Kier alpha value is -3.06. The molecule has 0 spiro atoms. The van der Waals surface area contributed by atoms with Crippen molar-refractivity contribution in [3.8, 4) is 11.5 Å². The number of amides is 1. The van der Waals surface area contributed by atoms with Crippen molar-refractivity contribution in [2.45, 2.75) is 26.0 Å². The molecule has 0 bridgehead atoms. The second kappa shape index (κ2) is 9.23. The van der Waals surface area contributed by atoms with Crippen LogP contribution in [-0.2, 0) is 6.61 Å². The molecule has 0 aliphatic carbocycles. The van der Waals surface area contributed by atoms with Crippen LogP contribution < -0.4 is 14.8 Å². The SMILES string of the molecule is CC[C@H](NC(=O)c1cc(COc2ccc(OC)cc2Cl)on1)c1ccncc1. The number of hydrogen-bond acceptors (Lipinski definition) is 6. The maximum Gasteiger partial charge on any atom is 0.273 e. The maximum atomic E-state index is 12.5. The molecule has 0 radical (unpaired) electrons. The summed E-state index contributed by atoms with van der Waals surface area (Å²) in [4.78, 5) is 16.5. The van der Waals surface area contributed by atoms with E-state index in [0.717, 1.165) is 12.0 Å². The van der Waals surface area contributed by atoms with Gasteiger partial charge in [-0.1, -0.05) is 23.7 Å². The highest BCUT2D eigenvalue weighted by Crippen LogP contribution is 2.29. The van der Waals surface area contributed by atoms with Crippen molar-refractivity contribution in [3.05, 3.63) is 70.8 Å². The van der Waals surface area contributed by atoms with Gasteiger partial charge in [-0.15, -0.1) is 0 Å². The summed E-state index contributed by atoms with van der Waals surface area (Å²) in [6, 6.07) is 10.2. The highest BCUT2D eigenvalue weighted by molar-refractivity contribution is 6.32. The van der Waals surface area contributed by atoms with Gasteiger partial charge >= 0.3 is 0 Å². The quantitative estimate of drug-likeness (QED) is 0.609. The second-order valence-corrected chi connectivity index (χ2v) is 6.39. The number of nitrogens with one attached hydrogen (secondary N) is 1. The Bertz CT molecular complexity index is 930. The third kappa shape index (κ3) is 4.80. The molecule has 8 heteroatoms. The molecule has 1 atom stereocenters. The highest BCUT2D eigenvalue weighted by Gasteiger charge is 2.18. The highest BCUT2D eigenvalue weighted by atomic mass is 35.5. The van der Waals surface area contributed by atoms with Gasteiger partial charge in [-0.3, -0.25) is 9.78 Å². The predicted octanol–water partition coefficient (Wildman–Crippen LogP) is 4.19. The minimum absolute atomic E-state index is 0.0912. The van der Waals surface area contributed by atoms with Crippen LogP contribution in [0.25, 0.3) is 0 Å². The van der Waals surface area contributed by atoms with Gasteiger partial charge in [0.05, 0.1) is 18.2 Å². The number of aromatic nitrogens is 2. The van der Waals surface area contributed by atoms with E-state index < -0.39 is 0 Å². The first-order chi connectivity index (χ1) is 13.6. The normalized spacial score (nSPS) is 11.7. The molecule has 2 heterocycles. The Morgan fingerprint density at radius 3 is 2.71 bits per heavy atom. The Labute approximate surface area is 167 Å². The van der Waals surface area contributed by atoms with E-state index in [4.69, 9.17) is 25.6 Å². The first kappa shape index (κ1) is 19.7. The third-order valence-electron chi connectivity index (χ3n) is 4.12. The van der Waals surface area contributed by atoms with Gasteiger partial charge in [0.15, 0.2) is 11.5 Å². The van der Waals surface area contributed by atoms with E-state index in [-0.39, 0.29) is 24.2 Å². The summed E-state index contributed by atoms with van der Waals surface area (Å²) >= 11 is 6.14. The lowest BCUT2D eigenvalue weighted by Gasteiger charge is -2.16. The first-order valence-corrected chi connectivity index (χ1v) is 9.11. The molecule has 0 fully saturated rings. The van der Waals surface area contributed by atoms with Gasteiger partial charge in [0.1, 0.15) is 18.1 Å². The zero-order valence-electron chi connectivity index (χ0n) is 15.5. The van der Waals surface area contributed by atoms with E-state index in [0.29, 0.717) is 22.3 Å². The lowest BCUT2D eigenvalue weighted by atomic mass is 10.1. The number of methoxy groups -OCH3 is 1. The molecular weight excluding hydrogens is 382 g/mol. The zero-order chi connectivity index (χ0) is 19.9. The summed E-state index contributed by atoms with van der Waals surface area (Å²) in [5, 5.41) is 7.19. The van der Waals surface area contributed by atoms with Crippen LogP contribution in [-0.4, -0.2) is 23.2 Å². The van der Waals surface area contributed by atoms with E-state index >= 15 is 0 Å². The number of carbonyl (C=O) groups excluding carboxylic acids is 1. The number of nitrogens with zero attached hydrogens (tertiary/aromatic N) is 2. The van der Waals surface area contributed by atoms with Crippen LogP contribution in [0.2, 0.25) is 5.02 Å². The molecule has 1 amide bonds. The smallest absolute Gasteiger partial charge is 0.273 e. The molecule has 0 unspecified atom stereocenters. The van der Waals surface area contributed by atoms with Crippen molar-refractivity contribution in [3.63, 3.8) is 0 Å². The molecule has 0 saturated heterocycles. The molecule has 0 saturated carbocycles. The number of benzene rings is 1. The van der Waals surface area contributed by atoms with Gasteiger partial charge < -0.3 is 19.3 Å². The monoisotopic (exact) mass is 401 g/mol. The van der Waals surface area contributed by atoms with Crippen LogP contribution in [0.15, 0.2) is 53.3 Å². The largest absolute Gasteiger partial charge is 0.497 e. The average Bonchev–Trinajstić information content (AvgIpc) is 3.20. The molecule has 3 rings (SSSR count). The molecular formula is C20H20ClN3O4. The molecule has 1 N–H and O–H groups in total. The molecule has 0 aliphatic heterocycles. The summed E-state index contributed by atoms with van der Waals surface area (Å²) in [5.41, 5.74) is 1.17. The van der Waals surface area contributed by atoms with E-state index in [1.54, 1.807) is 43.8 Å². The van der Waals surface area contributed by atoms with Gasteiger partial charge in [-0.25, -0.2) is 0 Å². The number of hydrogen-bond donors (Lipinski definition) is 1. The fourth-order valence-electron chi connectivity index (χ4n) is 2.61. The Morgan fingerprint density at radius 1 is 1.25 bits per heavy atom. The van der Waals surface area contributed by atoms with Crippen molar-refractivity contribution in [1.29, 1.82) is 0 Å². The van der Waals surface area contributed by atoms with Crippen molar-refractivity contribution in [1.82, 2.24) is 15.5 Å². The van der Waals surface area contributed by atoms with Crippen LogP contribution >= 0.6 is 11.6 Å². The summed E-state index contributed by atoms with van der Waals surface area (Å²) in [6.07, 6.45) is 4.12. The number of carbonyl (C=O) groups is 1. The Balaban J connectivity index is 1.61. The lowest BCUT2D eigenvalue weighted by molar-refractivity contribution is 0.0926. The van der Waals surface area contributed by atoms with Gasteiger partial charge in [0.2, 0.25) is 0 Å². The fourth-order valence-corrected chi connectivity index (χ4v) is 2.84. The number of halogens is 1. The summed E-state index contributed by atoms with van der Waals surface area (Å²) < 4.78 is 15.9. The average molecular weight is 402 g/mol. The van der Waals surface area contributed by atoms with Gasteiger partial charge in [0, 0.05) is 24.5 Å². The fraction of sp³-hybridized carbons (Fsp3) is 0.250. The molecule has 2 aromatic heterocycles. The lowest BCUT2D eigenvalue weighted by Crippen LogP contribution is -2.28. The van der Waals surface area contributed by atoms with Gasteiger partial charge in [-0.05, 0) is 36.2 Å². The molecule has 1 aromatic carbocycles. The van der Waals surface area contributed by atoms with Gasteiger partial charge in [0.25, 0.3) is 5.91 Å². The second-order valence-electron chi connectivity index (χ2n) is 5.98. The van der Waals surface area contributed by atoms with E-state index in [1.807, 2.05) is 19.1 Å². The molecule has 0 aliphatic rings. The molecule has 28 heavy (non-hydrogen) atoms. The predicted molar refractivity (Wildman–Crippen MR) is 104 cm³/mol. The van der Waals surface area contributed by atoms with Crippen LogP contribution in [0.4, 0.5) is 0 Å². The number of pyridine rings is 1. The third-order valence-corrected chi connectivity index (χ3v) is 4.42. The van der Waals surface area contributed by atoms with E-state index in [1.165, 1.54) is 0 Å². The minimum Gasteiger partial charge on any atom is -0.497 e. The van der Waals surface area contributed by atoms with Crippen molar-refractivity contribution >= 4 is 17.5 Å². The standard InChI is InChI=1S/C20H20ClN3O4/c1-3-17(13-6-8-22-9-7-13)23-20(25)18-11-15(28-24-18)12-27-19-5-4-14(26-2)10-16(19)21/h4-11,17H,3,12H2,1-2H3,(H,23,25)/t17-/m0/s1. The molecule has 7 nitrogen and oxygen atoms in total.